The Hall–Kier alpha value is -2.95. The van der Waals surface area contributed by atoms with E-state index in [1.165, 1.54) is 10.6 Å². The van der Waals surface area contributed by atoms with Crippen molar-refractivity contribution < 1.29 is 9.72 Å². The third kappa shape index (κ3) is 1.85. The van der Waals surface area contributed by atoms with Crippen molar-refractivity contribution in [3.05, 3.63) is 76.5 Å². The van der Waals surface area contributed by atoms with Crippen LogP contribution >= 0.6 is 0 Å². The Labute approximate surface area is 114 Å². The Balaban J connectivity index is 2.23. The summed E-state index contributed by atoms with van der Waals surface area (Å²) in [7, 11) is 0. The number of carbonyl (C=O) groups is 1. The van der Waals surface area contributed by atoms with Gasteiger partial charge in [0.1, 0.15) is 5.52 Å². The van der Waals surface area contributed by atoms with Gasteiger partial charge in [-0.05, 0) is 18.2 Å². The average molecular weight is 266 g/mol. The van der Waals surface area contributed by atoms with Crippen molar-refractivity contribution in [1.29, 1.82) is 0 Å². The van der Waals surface area contributed by atoms with Gasteiger partial charge in [-0.1, -0.05) is 30.3 Å². The molecule has 0 atom stereocenters. The molecule has 20 heavy (non-hydrogen) atoms. The molecule has 0 radical (unpaired) electrons. The Bertz CT molecular complexity index is 806. The molecular formula is C15H10N2O3. The first-order valence-electron chi connectivity index (χ1n) is 6.03. The fraction of sp³-hybridized carbons (Fsp3) is 0. The zero-order valence-corrected chi connectivity index (χ0v) is 10.4. The van der Waals surface area contributed by atoms with Crippen molar-refractivity contribution in [2.75, 3.05) is 0 Å². The highest BCUT2D eigenvalue weighted by Gasteiger charge is 2.19. The van der Waals surface area contributed by atoms with Crippen LogP contribution in [0.15, 0.2) is 60.8 Å². The topological polar surface area (TPSA) is 65.1 Å². The third-order valence-corrected chi connectivity index (χ3v) is 3.13. The van der Waals surface area contributed by atoms with Gasteiger partial charge in [0.15, 0.2) is 0 Å². The van der Waals surface area contributed by atoms with Crippen molar-refractivity contribution in [3.63, 3.8) is 0 Å². The second-order valence-corrected chi connectivity index (χ2v) is 4.33. The number of fused-ring (bicyclic) bond motifs is 1. The molecule has 0 saturated carbocycles. The number of hydrogen-bond donors (Lipinski definition) is 0. The molecule has 0 saturated heterocycles. The van der Waals surface area contributed by atoms with Gasteiger partial charge >= 0.3 is 0 Å². The lowest BCUT2D eigenvalue weighted by Gasteiger charge is -2.04. The van der Waals surface area contributed by atoms with E-state index in [9.17, 15) is 14.9 Å². The second kappa shape index (κ2) is 4.62. The molecule has 0 aliphatic rings. The van der Waals surface area contributed by atoms with Crippen LogP contribution in [-0.2, 0) is 0 Å². The smallest absolute Gasteiger partial charge is 0.277 e. The lowest BCUT2D eigenvalue weighted by atomic mass is 10.2. The third-order valence-electron chi connectivity index (χ3n) is 3.13. The predicted octanol–water partition coefficient (Wildman–Crippen LogP) is 3.24. The van der Waals surface area contributed by atoms with E-state index in [0.29, 0.717) is 16.5 Å². The first-order valence-corrected chi connectivity index (χ1v) is 6.03. The molecule has 0 amide bonds. The summed E-state index contributed by atoms with van der Waals surface area (Å²) >= 11 is 0. The van der Waals surface area contributed by atoms with E-state index in [1.807, 2.05) is 6.07 Å². The normalized spacial score (nSPS) is 10.6. The van der Waals surface area contributed by atoms with Gasteiger partial charge in [-0.15, -0.1) is 0 Å². The fourth-order valence-corrected chi connectivity index (χ4v) is 2.21. The van der Waals surface area contributed by atoms with Gasteiger partial charge in [-0.25, -0.2) is 0 Å². The van der Waals surface area contributed by atoms with E-state index in [4.69, 9.17) is 0 Å². The van der Waals surface area contributed by atoms with Gasteiger partial charge < -0.3 is 0 Å². The number of carbonyl (C=O) groups excluding carboxylic acids is 1. The van der Waals surface area contributed by atoms with Crippen molar-refractivity contribution in [2.24, 2.45) is 0 Å². The van der Waals surface area contributed by atoms with Crippen LogP contribution in [0.5, 0.6) is 0 Å². The number of para-hydroxylation sites is 1. The number of aromatic nitrogens is 1. The minimum Gasteiger partial charge on any atom is -0.277 e. The molecule has 1 aromatic heterocycles. The molecule has 0 unspecified atom stereocenters. The summed E-state index contributed by atoms with van der Waals surface area (Å²) in [5.41, 5.74) is 0.742. The second-order valence-electron chi connectivity index (χ2n) is 4.33. The Kier molecular flexibility index (Phi) is 2.80. The molecule has 2 aromatic carbocycles. The first-order chi connectivity index (χ1) is 9.68. The molecule has 3 rings (SSSR count). The maximum atomic E-state index is 12.4. The largest absolute Gasteiger partial charge is 0.293 e. The Morgan fingerprint density at radius 2 is 1.75 bits per heavy atom. The van der Waals surface area contributed by atoms with Crippen LogP contribution in [0.3, 0.4) is 0 Å². The number of nitro benzene ring substituents is 1. The summed E-state index contributed by atoms with van der Waals surface area (Å²) in [5, 5.41) is 11.8. The van der Waals surface area contributed by atoms with Crippen LogP contribution in [0.4, 0.5) is 5.69 Å². The van der Waals surface area contributed by atoms with Crippen LogP contribution < -0.4 is 0 Å². The molecule has 0 spiro atoms. The number of rotatable bonds is 2. The van der Waals surface area contributed by atoms with Crippen molar-refractivity contribution in [3.8, 4) is 0 Å². The van der Waals surface area contributed by atoms with E-state index in [1.54, 1.807) is 48.7 Å². The van der Waals surface area contributed by atoms with Crippen LogP contribution in [0.25, 0.3) is 10.9 Å². The number of benzene rings is 2. The summed E-state index contributed by atoms with van der Waals surface area (Å²) in [4.78, 5) is 23.1. The summed E-state index contributed by atoms with van der Waals surface area (Å²) in [6, 6.07) is 15.1. The molecule has 5 nitrogen and oxygen atoms in total. The Morgan fingerprint density at radius 3 is 2.45 bits per heavy atom. The quantitative estimate of drug-likeness (QED) is 0.528. The fourth-order valence-electron chi connectivity index (χ4n) is 2.21. The summed E-state index contributed by atoms with van der Waals surface area (Å²) in [6.45, 7) is 0. The van der Waals surface area contributed by atoms with Gasteiger partial charge in [-0.3, -0.25) is 19.5 Å². The monoisotopic (exact) mass is 266 g/mol. The van der Waals surface area contributed by atoms with Gasteiger partial charge in [0.05, 0.1) is 4.92 Å². The number of nitro groups is 1. The van der Waals surface area contributed by atoms with E-state index in [0.717, 1.165) is 0 Å². The molecule has 0 aliphatic heterocycles. The van der Waals surface area contributed by atoms with Crippen LogP contribution in [0, 0.1) is 10.1 Å². The maximum Gasteiger partial charge on any atom is 0.293 e. The molecule has 5 heteroatoms. The van der Waals surface area contributed by atoms with E-state index in [2.05, 4.69) is 0 Å². The number of nitrogens with zero attached hydrogens (tertiary/aromatic N) is 2. The first kappa shape index (κ1) is 12.1. The van der Waals surface area contributed by atoms with Crippen molar-refractivity contribution in [1.82, 2.24) is 4.57 Å². The molecule has 0 bridgehead atoms. The van der Waals surface area contributed by atoms with Crippen molar-refractivity contribution >= 4 is 22.5 Å². The van der Waals surface area contributed by atoms with Gasteiger partial charge in [0.2, 0.25) is 0 Å². The minimum absolute atomic E-state index is 0.0724. The minimum atomic E-state index is -0.475. The highest BCUT2D eigenvalue weighted by molar-refractivity contribution is 6.04. The van der Waals surface area contributed by atoms with Crippen LogP contribution in [-0.4, -0.2) is 15.4 Å². The van der Waals surface area contributed by atoms with E-state index < -0.39 is 4.92 Å². The molecule has 0 aliphatic carbocycles. The van der Waals surface area contributed by atoms with Gasteiger partial charge in [0.25, 0.3) is 11.6 Å². The zero-order valence-electron chi connectivity index (χ0n) is 10.4. The maximum absolute atomic E-state index is 12.4. The summed E-state index contributed by atoms with van der Waals surface area (Å²) < 4.78 is 1.32. The van der Waals surface area contributed by atoms with E-state index in [-0.39, 0.29) is 11.6 Å². The SMILES string of the molecule is O=C(c1ccccc1)n1ccc2cccc([N+](=O)[O-])c21. The average Bonchev–Trinajstić information content (AvgIpc) is 2.91. The van der Waals surface area contributed by atoms with Gasteiger partial charge in [-0.2, -0.15) is 0 Å². The molecule has 1 heterocycles. The molecular weight excluding hydrogens is 256 g/mol. The standard InChI is InChI=1S/C15H10N2O3/c18-15(12-5-2-1-3-6-12)16-10-9-11-7-4-8-13(14(11)16)17(19)20/h1-10H. The highest BCUT2D eigenvalue weighted by atomic mass is 16.6. The summed E-state index contributed by atoms with van der Waals surface area (Å²) in [5.74, 6) is -0.282. The molecule has 98 valence electrons. The number of hydrogen-bond acceptors (Lipinski definition) is 3. The summed E-state index contributed by atoms with van der Waals surface area (Å²) in [6.07, 6.45) is 1.56. The lowest BCUT2D eigenvalue weighted by molar-refractivity contribution is -0.383. The highest BCUT2D eigenvalue weighted by Crippen LogP contribution is 2.27. The van der Waals surface area contributed by atoms with Crippen LogP contribution in [0.2, 0.25) is 0 Å². The zero-order chi connectivity index (χ0) is 14.1. The molecule has 0 fully saturated rings. The number of non-ortho nitro benzene ring substituents is 1. The lowest BCUT2D eigenvalue weighted by Crippen LogP contribution is -2.11. The van der Waals surface area contributed by atoms with Crippen LogP contribution in [0.1, 0.15) is 10.4 Å². The molecule has 3 aromatic rings. The van der Waals surface area contributed by atoms with E-state index >= 15 is 0 Å². The predicted molar refractivity (Wildman–Crippen MR) is 74.8 cm³/mol. The Morgan fingerprint density at radius 1 is 1.00 bits per heavy atom. The van der Waals surface area contributed by atoms with Crippen molar-refractivity contribution in [2.45, 2.75) is 0 Å². The van der Waals surface area contributed by atoms with Gasteiger partial charge in [0, 0.05) is 23.2 Å². The molecule has 0 N–H and O–H groups in total.